The minimum atomic E-state index is 0.135. The van der Waals surface area contributed by atoms with Crippen molar-refractivity contribution in [2.75, 3.05) is 19.6 Å². The second-order valence-corrected chi connectivity index (χ2v) is 5.98. The maximum atomic E-state index is 4.28. The number of hydrogen-bond acceptors (Lipinski definition) is 4. The number of nitrogens with zero attached hydrogens (tertiary/aromatic N) is 4. The molecule has 2 atom stereocenters. The summed E-state index contributed by atoms with van der Waals surface area (Å²) in [5, 5.41) is 12.1. The van der Waals surface area contributed by atoms with Crippen molar-refractivity contribution in [1.29, 1.82) is 0 Å². The van der Waals surface area contributed by atoms with Gasteiger partial charge in [-0.2, -0.15) is 0 Å². The molecule has 0 fully saturated rings. The zero-order chi connectivity index (χ0) is 15.9. The van der Waals surface area contributed by atoms with Crippen LogP contribution < -0.4 is 5.32 Å². The van der Waals surface area contributed by atoms with Gasteiger partial charge in [0.1, 0.15) is 0 Å². The van der Waals surface area contributed by atoms with Crippen molar-refractivity contribution in [3.63, 3.8) is 0 Å². The average molecular weight is 295 g/mol. The van der Waals surface area contributed by atoms with Gasteiger partial charge in [-0.05, 0) is 39.4 Å². The highest BCUT2D eigenvalue weighted by molar-refractivity contribution is 5.04. The number of aryl methyl sites for hydroxylation is 1. The van der Waals surface area contributed by atoms with Crippen LogP contribution in [0.2, 0.25) is 0 Å². The molecule has 5 nitrogen and oxygen atoms in total. The third-order valence-corrected chi connectivity index (χ3v) is 4.66. The Labute approximate surface area is 130 Å². The summed E-state index contributed by atoms with van der Waals surface area (Å²) < 4.78 is 1.78. The van der Waals surface area contributed by atoms with Crippen molar-refractivity contribution < 1.29 is 0 Å². The molecule has 0 bridgehead atoms. The van der Waals surface area contributed by atoms with Crippen LogP contribution in [0.25, 0.3) is 0 Å². The summed E-state index contributed by atoms with van der Waals surface area (Å²) >= 11 is 0. The largest absolute Gasteiger partial charge is 0.312 e. The molecule has 0 aliphatic rings. The normalized spacial score (nSPS) is 16.1. The van der Waals surface area contributed by atoms with E-state index in [1.807, 2.05) is 13.2 Å². The highest BCUT2D eigenvalue weighted by atomic mass is 15.4. The maximum Gasteiger partial charge on any atom is 0.0843 e. The smallest absolute Gasteiger partial charge is 0.0843 e. The van der Waals surface area contributed by atoms with Gasteiger partial charge in [-0.15, -0.1) is 5.10 Å². The fourth-order valence-corrected chi connectivity index (χ4v) is 3.16. The van der Waals surface area contributed by atoms with E-state index >= 15 is 0 Å². The average Bonchev–Trinajstić information content (AvgIpc) is 2.89. The lowest BCUT2D eigenvalue weighted by Crippen LogP contribution is -2.60. The molecule has 1 N–H and O–H groups in total. The maximum absolute atomic E-state index is 4.28. The topological polar surface area (TPSA) is 46.0 Å². The Hall–Kier alpha value is -0.940. The van der Waals surface area contributed by atoms with Gasteiger partial charge in [0.15, 0.2) is 0 Å². The molecule has 1 aromatic rings. The molecule has 0 amide bonds. The Balaban J connectivity index is 2.96. The van der Waals surface area contributed by atoms with Crippen LogP contribution in [0, 0.1) is 0 Å². The van der Waals surface area contributed by atoms with Crippen LogP contribution in [0.15, 0.2) is 6.20 Å². The molecule has 0 spiro atoms. The molecule has 122 valence electrons. The van der Waals surface area contributed by atoms with E-state index < -0.39 is 0 Å². The van der Waals surface area contributed by atoms with Crippen LogP contribution in [0.5, 0.6) is 0 Å². The predicted molar refractivity (Wildman–Crippen MR) is 88.4 cm³/mol. The molecule has 0 aromatic carbocycles. The third-order valence-electron chi connectivity index (χ3n) is 4.66. The Morgan fingerprint density at radius 1 is 1.29 bits per heavy atom. The van der Waals surface area contributed by atoms with Crippen LogP contribution in [0.4, 0.5) is 0 Å². The van der Waals surface area contributed by atoms with Crippen LogP contribution in [-0.4, -0.2) is 51.1 Å². The van der Waals surface area contributed by atoms with Gasteiger partial charge >= 0.3 is 0 Å². The standard InChI is InChI=1S/C16H33N5/c1-7-11-17-15(12-14-13-20(6)19-18-14)16(5,8-2)21(9-3)10-4/h13,15,17H,7-12H2,1-6H3. The van der Waals surface area contributed by atoms with Gasteiger partial charge in [0, 0.05) is 31.2 Å². The van der Waals surface area contributed by atoms with Gasteiger partial charge < -0.3 is 5.32 Å². The van der Waals surface area contributed by atoms with Gasteiger partial charge in [0.25, 0.3) is 0 Å². The first-order valence-corrected chi connectivity index (χ1v) is 8.35. The van der Waals surface area contributed by atoms with Gasteiger partial charge in [-0.25, -0.2) is 0 Å². The SMILES string of the molecule is CCCNC(Cc1cn(C)nn1)C(C)(CC)N(CC)CC. The molecule has 1 heterocycles. The minimum absolute atomic E-state index is 0.135. The van der Waals surface area contributed by atoms with Crippen LogP contribution in [0.3, 0.4) is 0 Å². The van der Waals surface area contributed by atoms with E-state index in [0.29, 0.717) is 6.04 Å². The number of rotatable bonds is 10. The highest BCUT2D eigenvalue weighted by Gasteiger charge is 2.37. The molecule has 1 aromatic heterocycles. The van der Waals surface area contributed by atoms with Gasteiger partial charge in [0.2, 0.25) is 0 Å². The number of likely N-dealkylation sites (N-methyl/N-ethyl adjacent to an activating group) is 1. The summed E-state index contributed by atoms with van der Waals surface area (Å²) in [7, 11) is 1.92. The lowest BCUT2D eigenvalue weighted by atomic mass is 9.84. The summed E-state index contributed by atoms with van der Waals surface area (Å²) in [6, 6.07) is 0.388. The Bertz CT molecular complexity index is 399. The summed E-state index contributed by atoms with van der Waals surface area (Å²) in [5.74, 6) is 0. The zero-order valence-corrected chi connectivity index (χ0v) is 14.7. The van der Waals surface area contributed by atoms with E-state index in [9.17, 15) is 0 Å². The monoisotopic (exact) mass is 295 g/mol. The van der Waals surface area contributed by atoms with Crippen molar-refractivity contribution in [1.82, 2.24) is 25.2 Å². The Morgan fingerprint density at radius 2 is 1.95 bits per heavy atom. The Kier molecular flexibility index (Phi) is 7.32. The van der Waals surface area contributed by atoms with Gasteiger partial charge in [0.05, 0.1) is 5.69 Å². The second-order valence-electron chi connectivity index (χ2n) is 5.98. The first kappa shape index (κ1) is 18.1. The van der Waals surface area contributed by atoms with E-state index in [-0.39, 0.29) is 5.54 Å². The van der Waals surface area contributed by atoms with Crippen molar-refractivity contribution in [2.45, 2.75) is 65.5 Å². The molecular weight excluding hydrogens is 262 g/mol. The molecule has 0 aliphatic carbocycles. The predicted octanol–water partition coefficient (Wildman–Crippen LogP) is 2.24. The highest BCUT2D eigenvalue weighted by Crippen LogP contribution is 2.25. The number of hydrogen-bond donors (Lipinski definition) is 1. The third kappa shape index (κ3) is 4.51. The molecule has 2 unspecified atom stereocenters. The second kappa shape index (κ2) is 8.49. The number of nitrogens with one attached hydrogen (secondary N) is 1. The van der Waals surface area contributed by atoms with Crippen molar-refractivity contribution in [3.05, 3.63) is 11.9 Å². The first-order chi connectivity index (χ1) is 10.0. The van der Waals surface area contributed by atoms with E-state index in [1.54, 1.807) is 4.68 Å². The van der Waals surface area contributed by atoms with Crippen LogP contribution >= 0.6 is 0 Å². The van der Waals surface area contributed by atoms with Crippen molar-refractivity contribution in [3.8, 4) is 0 Å². The molecule has 1 rings (SSSR count). The quantitative estimate of drug-likeness (QED) is 0.719. The van der Waals surface area contributed by atoms with Crippen molar-refractivity contribution in [2.24, 2.45) is 7.05 Å². The molecule has 0 radical (unpaired) electrons. The minimum Gasteiger partial charge on any atom is -0.312 e. The molecule has 21 heavy (non-hydrogen) atoms. The van der Waals surface area contributed by atoms with E-state index in [4.69, 9.17) is 0 Å². The van der Waals surface area contributed by atoms with E-state index in [0.717, 1.165) is 44.6 Å². The fraction of sp³-hybridized carbons (Fsp3) is 0.875. The summed E-state index contributed by atoms with van der Waals surface area (Å²) in [6.45, 7) is 14.6. The van der Waals surface area contributed by atoms with Crippen LogP contribution in [0.1, 0.15) is 53.2 Å². The molecule has 0 aliphatic heterocycles. The zero-order valence-electron chi connectivity index (χ0n) is 14.7. The summed E-state index contributed by atoms with van der Waals surface area (Å²) in [6.07, 6.45) is 5.22. The van der Waals surface area contributed by atoms with E-state index in [1.165, 1.54) is 0 Å². The number of aromatic nitrogens is 3. The molecule has 0 saturated heterocycles. The lowest BCUT2D eigenvalue weighted by Gasteiger charge is -2.46. The molecule has 5 heteroatoms. The van der Waals surface area contributed by atoms with Crippen molar-refractivity contribution >= 4 is 0 Å². The molecular formula is C16H33N5. The Morgan fingerprint density at radius 3 is 2.38 bits per heavy atom. The first-order valence-electron chi connectivity index (χ1n) is 8.35. The van der Waals surface area contributed by atoms with Crippen LogP contribution in [-0.2, 0) is 13.5 Å². The molecule has 0 saturated carbocycles. The fourth-order valence-electron chi connectivity index (χ4n) is 3.16. The van der Waals surface area contributed by atoms with Gasteiger partial charge in [-0.3, -0.25) is 9.58 Å². The lowest BCUT2D eigenvalue weighted by molar-refractivity contribution is 0.0697. The van der Waals surface area contributed by atoms with E-state index in [2.05, 4.69) is 55.1 Å². The van der Waals surface area contributed by atoms with Gasteiger partial charge in [-0.1, -0.05) is 32.9 Å². The summed E-state index contributed by atoms with van der Waals surface area (Å²) in [4.78, 5) is 2.57. The summed E-state index contributed by atoms with van der Waals surface area (Å²) in [5.41, 5.74) is 1.20.